The van der Waals surface area contributed by atoms with Crippen LogP contribution in [-0.2, 0) is 12.8 Å². The van der Waals surface area contributed by atoms with E-state index in [9.17, 15) is 0 Å². The van der Waals surface area contributed by atoms with Gasteiger partial charge >= 0.3 is 0 Å². The van der Waals surface area contributed by atoms with Crippen molar-refractivity contribution >= 4 is 0 Å². The average Bonchev–Trinajstić information content (AvgIpc) is 2.38. The monoisotopic (exact) mass is 241 g/mol. The Morgan fingerprint density at radius 3 is 2.44 bits per heavy atom. The molecule has 0 aliphatic rings. The molecule has 0 bridgehead atoms. The minimum Gasteiger partial charge on any atom is -0.330 e. The van der Waals surface area contributed by atoms with Gasteiger partial charge in [-0.1, -0.05) is 31.2 Å². The number of aryl methyl sites for hydroxylation is 2. The van der Waals surface area contributed by atoms with Crippen LogP contribution in [0.5, 0.6) is 0 Å². The maximum atomic E-state index is 5.56. The molecule has 3 heteroatoms. The van der Waals surface area contributed by atoms with Gasteiger partial charge in [0.15, 0.2) is 0 Å². The van der Waals surface area contributed by atoms with Gasteiger partial charge in [-0.05, 0) is 31.5 Å². The Bertz CT molecular complexity index is 518. The standard InChI is InChI=1S/C15H19N3/c1-3-12-4-6-13(7-5-12)14-10-11(2)17-15(18-14)8-9-16/h4-7,10H,3,8-9,16H2,1-2H3. The molecule has 3 nitrogen and oxygen atoms in total. The number of hydrogen-bond acceptors (Lipinski definition) is 3. The molecular formula is C15H19N3. The summed E-state index contributed by atoms with van der Waals surface area (Å²) >= 11 is 0. The Hall–Kier alpha value is -1.74. The molecule has 0 radical (unpaired) electrons. The molecule has 0 aliphatic carbocycles. The first-order valence-corrected chi connectivity index (χ1v) is 6.37. The molecule has 0 amide bonds. The summed E-state index contributed by atoms with van der Waals surface area (Å²) in [5.74, 6) is 0.826. The summed E-state index contributed by atoms with van der Waals surface area (Å²) in [5, 5.41) is 0. The molecule has 2 aromatic rings. The van der Waals surface area contributed by atoms with E-state index in [1.54, 1.807) is 0 Å². The highest BCUT2D eigenvalue weighted by atomic mass is 14.9. The Balaban J connectivity index is 2.36. The zero-order valence-electron chi connectivity index (χ0n) is 11.0. The lowest BCUT2D eigenvalue weighted by Gasteiger charge is -2.06. The summed E-state index contributed by atoms with van der Waals surface area (Å²) in [6, 6.07) is 10.5. The van der Waals surface area contributed by atoms with Gasteiger partial charge in [0.25, 0.3) is 0 Å². The van der Waals surface area contributed by atoms with Crippen molar-refractivity contribution < 1.29 is 0 Å². The lowest BCUT2D eigenvalue weighted by Crippen LogP contribution is -2.07. The molecule has 0 fully saturated rings. The normalized spacial score (nSPS) is 10.6. The average molecular weight is 241 g/mol. The lowest BCUT2D eigenvalue weighted by molar-refractivity contribution is 0.858. The molecular weight excluding hydrogens is 222 g/mol. The molecule has 2 rings (SSSR count). The molecule has 0 unspecified atom stereocenters. The van der Waals surface area contributed by atoms with E-state index in [0.717, 1.165) is 35.6 Å². The van der Waals surface area contributed by atoms with Crippen molar-refractivity contribution in [3.8, 4) is 11.3 Å². The quantitative estimate of drug-likeness (QED) is 0.894. The highest BCUT2D eigenvalue weighted by Gasteiger charge is 2.04. The van der Waals surface area contributed by atoms with E-state index >= 15 is 0 Å². The molecule has 1 aromatic carbocycles. The first-order valence-electron chi connectivity index (χ1n) is 6.37. The summed E-state index contributed by atoms with van der Waals surface area (Å²) in [6.45, 7) is 4.73. The van der Waals surface area contributed by atoms with Gasteiger partial charge in [-0.2, -0.15) is 0 Å². The number of rotatable bonds is 4. The smallest absolute Gasteiger partial charge is 0.130 e. The van der Waals surface area contributed by atoms with Gasteiger partial charge in [0.05, 0.1) is 5.69 Å². The largest absolute Gasteiger partial charge is 0.330 e. The van der Waals surface area contributed by atoms with Crippen LogP contribution >= 0.6 is 0 Å². The Kier molecular flexibility index (Phi) is 4.05. The summed E-state index contributed by atoms with van der Waals surface area (Å²) in [6.07, 6.45) is 1.78. The van der Waals surface area contributed by atoms with E-state index in [4.69, 9.17) is 5.73 Å². The Morgan fingerprint density at radius 2 is 1.83 bits per heavy atom. The molecule has 94 valence electrons. The molecule has 0 spiro atoms. The van der Waals surface area contributed by atoms with Crippen molar-refractivity contribution in [2.75, 3.05) is 6.54 Å². The predicted octanol–water partition coefficient (Wildman–Crippen LogP) is 2.52. The summed E-state index contributed by atoms with van der Waals surface area (Å²) in [7, 11) is 0. The highest BCUT2D eigenvalue weighted by molar-refractivity contribution is 5.59. The van der Waals surface area contributed by atoms with E-state index in [-0.39, 0.29) is 0 Å². The van der Waals surface area contributed by atoms with Gasteiger partial charge in [0, 0.05) is 17.7 Å². The fourth-order valence-corrected chi connectivity index (χ4v) is 1.93. The van der Waals surface area contributed by atoms with Gasteiger partial charge in [0.1, 0.15) is 5.82 Å². The van der Waals surface area contributed by atoms with E-state index in [2.05, 4.69) is 41.2 Å². The van der Waals surface area contributed by atoms with Crippen LogP contribution in [0.2, 0.25) is 0 Å². The molecule has 1 heterocycles. The predicted molar refractivity (Wildman–Crippen MR) is 74.3 cm³/mol. The molecule has 2 N–H and O–H groups in total. The number of nitrogens with zero attached hydrogens (tertiary/aromatic N) is 2. The second-order valence-electron chi connectivity index (χ2n) is 4.40. The fraction of sp³-hybridized carbons (Fsp3) is 0.333. The van der Waals surface area contributed by atoms with E-state index in [1.165, 1.54) is 5.56 Å². The van der Waals surface area contributed by atoms with Crippen LogP contribution < -0.4 is 5.73 Å². The van der Waals surface area contributed by atoms with Crippen molar-refractivity contribution in [2.45, 2.75) is 26.7 Å². The lowest BCUT2D eigenvalue weighted by atomic mass is 10.1. The zero-order chi connectivity index (χ0) is 13.0. The van der Waals surface area contributed by atoms with Gasteiger partial charge in [-0.15, -0.1) is 0 Å². The number of hydrogen-bond donors (Lipinski definition) is 1. The minimum atomic E-state index is 0.581. The molecule has 1 aromatic heterocycles. The van der Waals surface area contributed by atoms with Crippen LogP contribution in [0.1, 0.15) is 24.0 Å². The highest BCUT2D eigenvalue weighted by Crippen LogP contribution is 2.18. The summed E-state index contributed by atoms with van der Waals surface area (Å²) in [4.78, 5) is 8.95. The zero-order valence-corrected chi connectivity index (χ0v) is 11.0. The van der Waals surface area contributed by atoms with Gasteiger partial charge < -0.3 is 5.73 Å². The van der Waals surface area contributed by atoms with E-state index in [1.807, 2.05) is 13.0 Å². The molecule has 0 saturated carbocycles. The van der Waals surface area contributed by atoms with Gasteiger partial charge in [-0.25, -0.2) is 9.97 Å². The maximum absolute atomic E-state index is 5.56. The van der Waals surface area contributed by atoms with Crippen LogP contribution in [0.3, 0.4) is 0 Å². The number of benzene rings is 1. The second-order valence-corrected chi connectivity index (χ2v) is 4.40. The van der Waals surface area contributed by atoms with Crippen molar-refractivity contribution in [3.63, 3.8) is 0 Å². The molecule has 18 heavy (non-hydrogen) atoms. The third-order valence-corrected chi connectivity index (χ3v) is 2.93. The third-order valence-electron chi connectivity index (χ3n) is 2.93. The Morgan fingerprint density at radius 1 is 1.11 bits per heavy atom. The number of nitrogens with two attached hydrogens (primary N) is 1. The topological polar surface area (TPSA) is 51.8 Å². The fourth-order valence-electron chi connectivity index (χ4n) is 1.93. The van der Waals surface area contributed by atoms with E-state index < -0.39 is 0 Å². The second kappa shape index (κ2) is 5.74. The summed E-state index contributed by atoms with van der Waals surface area (Å²) < 4.78 is 0. The van der Waals surface area contributed by atoms with Crippen LogP contribution in [0, 0.1) is 6.92 Å². The Labute approximate surface area is 108 Å². The minimum absolute atomic E-state index is 0.581. The maximum Gasteiger partial charge on any atom is 0.130 e. The van der Waals surface area contributed by atoms with Crippen molar-refractivity contribution in [2.24, 2.45) is 5.73 Å². The molecule has 0 aliphatic heterocycles. The van der Waals surface area contributed by atoms with Crippen molar-refractivity contribution in [1.82, 2.24) is 9.97 Å². The SMILES string of the molecule is CCc1ccc(-c2cc(C)nc(CCN)n2)cc1. The number of aromatic nitrogens is 2. The van der Waals surface area contributed by atoms with Gasteiger partial charge in [0.2, 0.25) is 0 Å². The first kappa shape index (κ1) is 12.7. The van der Waals surface area contributed by atoms with Gasteiger partial charge in [-0.3, -0.25) is 0 Å². The van der Waals surface area contributed by atoms with Crippen molar-refractivity contribution in [1.29, 1.82) is 0 Å². The molecule has 0 atom stereocenters. The van der Waals surface area contributed by atoms with Crippen molar-refractivity contribution in [3.05, 3.63) is 47.4 Å². The van der Waals surface area contributed by atoms with Crippen LogP contribution in [-0.4, -0.2) is 16.5 Å². The third kappa shape index (κ3) is 2.93. The van der Waals surface area contributed by atoms with Crippen LogP contribution in [0.25, 0.3) is 11.3 Å². The first-order chi connectivity index (χ1) is 8.72. The van der Waals surface area contributed by atoms with E-state index in [0.29, 0.717) is 6.54 Å². The van der Waals surface area contributed by atoms with Crippen LogP contribution in [0.15, 0.2) is 30.3 Å². The molecule has 0 saturated heterocycles. The van der Waals surface area contributed by atoms with Crippen LogP contribution in [0.4, 0.5) is 0 Å². The summed E-state index contributed by atoms with van der Waals surface area (Å²) in [5.41, 5.74) is 10.0.